The molecule has 0 aliphatic carbocycles. The summed E-state index contributed by atoms with van der Waals surface area (Å²) in [5, 5.41) is 6.16. The zero-order chi connectivity index (χ0) is 12.1. The summed E-state index contributed by atoms with van der Waals surface area (Å²) in [4.78, 5) is 11.8. The maximum atomic E-state index is 11.8. The Kier molecular flexibility index (Phi) is 5.22. The molecule has 4 nitrogen and oxygen atoms in total. The molecular formula is C12H24N2O2. The second kappa shape index (κ2) is 6.21. The van der Waals surface area contributed by atoms with Crippen LogP contribution >= 0.6 is 0 Å². The zero-order valence-corrected chi connectivity index (χ0v) is 10.7. The van der Waals surface area contributed by atoms with Gasteiger partial charge < -0.3 is 15.4 Å². The van der Waals surface area contributed by atoms with Crippen molar-refractivity contribution in [3.05, 3.63) is 0 Å². The molecule has 4 heteroatoms. The molecule has 1 amide bonds. The van der Waals surface area contributed by atoms with Gasteiger partial charge in [0.2, 0.25) is 5.91 Å². The largest absolute Gasteiger partial charge is 0.375 e. The van der Waals surface area contributed by atoms with Crippen LogP contribution in [0.15, 0.2) is 0 Å². The SMILES string of the molecule is CC(C)NC(=O)C1CC(OC(C)C)CCN1. The van der Waals surface area contributed by atoms with Crippen LogP contribution in [0, 0.1) is 0 Å². The standard InChI is InChI=1S/C12H24N2O2/c1-8(2)14-12(15)11-7-10(5-6-13-11)16-9(3)4/h8-11,13H,5-7H2,1-4H3,(H,14,15). The van der Waals surface area contributed by atoms with Gasteiger partial charge in [0.1, 0.15) is 0 Å². The number of hydrogen-bond acceptors (Lipinski definition) is 3. The van der Waals surface area contributed by atoms with Crippen LogP contribution in [0.3, 0.4) is 0 Å². The van der Waals surface area contributed by atoms with Crippen molar-refractivity contribution in [1.82, 2.24) is 10.6 Å². The van der Waals surface area contributed by atoms with E-state index < -0.39 is 0 Å². The summed E-state index contributed by atoms with van der Waals surface area (Å²) in [6.07, 6.45) is 2.21. The van der Waals surface area contributed by atoms with Crippen molar-refractivity contribution in [3.63, 3.8) is 0 Å². The quantitative estimate of drug-likeness (QED) is 0.756. The molecule has 94 valence electrons. The van der Waals surface area contributed by atoms with Crippen LogP contribution in [0.4, 0.5) is 0 Å². The van der Waals surface area contributed by atoms with E-state index in [1.165, 1.54) is 0 Å². The summed E-state index contributed by atoms with van der Waals surface area (Å²) in [6.45, 7) is 8.87. The summed E-state index contributed by atoms with van der Waals surface area (Å²) < 4.78 is 5.76. The number of carbonyl (C=O) groups excluding carboxylic acids is 1. The van der Waals surface area contributed by atoms with E-state index in [1.807, 2.05) is 27.7 Å². The average molecular weight is 228 g/mol. The van der Waals surface area contributed by atoms with Gasteiger partial charge in [-0.25, -0.2) is 0 Å². The Morgan fingerprint density at radius 3 is 2.62 bits per heavy atom. The van der Waals surface area contributed by atoms with Gasteiger partial charge in [0.05, 0.1) is 18.2 Å². The molecule has 2 N–H and O–H groups in total. The fraction of sp³-hybridized carbons (Fsp3) is 0.917. The third kappa shape index (κ3) is 4.49. The highest BCUT2D eigenvalue weighted by Gasteiger charge is 2.27. The van der Waals surface area contributed by atoms with Crippen LogP contribution in [-0.4, -0.2) is 36.7 Å². The van der Waals surface area contributed by atoms with Gasteiger partial charge in [-0.1, -0.05) is 0 Å². The summed E-state index contributed by atoms with van der Waals surface area (Å²) in [5.74, 6) is 0.0899. The summed E-state index contributed by atoms with van der Waals surface area (Å²) in [5.41, 5.74) is 0. The molecule has 0 saturated carbocycles. The van der Waals surface area contributed by atoms with E-state index in [1.54, 1.807) is 0 Å². The Morgan fingerprint density at radius 1 is 1.38 bits per heavy atom. The van der Waals surface area contributed by atoms with Crippen LogP contribution in [0.2, 0.25) is 0 Å². The number of ether oxygens (including phenoxy) is 1. The van der Waals surface area contributed by atoms with Gasteiger partial charge in [-0.3, -0.25) is 4.79 Å². The molecular weight excluding hydrogens is 204 g/mol. The predicted molar refractivity (Wildman–Crippen MR) is 64.3 cm³/mol. The molecule has 1 aliphatic heterocycles. The van der Waals surface area contributed by atoms with E-state index in [0.717, 1.165) is 19.4 Å². The second-order valence-corrected chi connectivity index (χ2v) is 5.00. The van der Waals surface area contributed by atoms with Gasteiger partial charge in [-0.05, 0) is 47.1 Å². The Balaban J connectivity index is 2.40. The van der Waals surface area contributed by atoms with Crippen LogP contribution in [0.25, 0.3) is 0 Å². The molecule has 0 aromatic rings. The second-order valence-electron chi connectivity index (χ2n) is 5.00. The minimum absolute atomic E-state index is 0.0899. The first-order chi connectivity index (χ1) is 7.49. The van der Waals surface area contributed by atoms with Gasteiger partial charge in [-0.15, -0.1) is 0 Å². The molecule has 1 heterocycles. The third-order valence-electron chi connectivity index (χ3n) is 2.57. The Bertz CT molecular complexity index is 229. The van der Waals surface area contributed by atoms with Crippen LogP contribution in [-0.2, 0) is 9.53 Å². The molecule has 1 rings (SSSR count). The van der Waals surface area contributed by atoms with E-state index in [0.29, 0.717) is 0 Å². The number of amides is 1. The van der Waals surface area contributed by atoms with Crippen molar-refractivity contribution < 1.29 is 9.53 Å². The van der Waals surface area contributed by atoms with Gasteiger partial charge >= 0.3 is 0 Å². The molecule has 1 fully saturated rings. The minimum atomic E-state index is -0.0973. The van der Waals surface area contributed by atoms with Gasteiger partial charge in [0, 0.05) is 6.04 Å². The normalized spacial score (nSPS) is 26.1. The van der Waals surface area contributed by atoms with E-state index >= 15 is 0 Å². The van der Waals surface area contributed by atoms with Crippen molar-refractivity contribution in [2.24, 2.45) is 0 Å². The molecule has 1 saturated heterocycles. The predicted octanol–water partition coefficient (Wildman–Crippen LogP) is 1.06. The molecule has 0 aromatic carbocycles. The van der Waals surface area contributed by atoms with E-state index in [-0.39, 0.29) is 30.2 Å². The van der Waals surface area contributed by atoms with E-state index in [2.05, 4.69) is 10.6 Å². The van der Waals surface area contributed by atoms with Crippen molar-refractivity contribution >= 4 is 5.91 Å². The molecule has 0 spiro atoms. The number of piperidine rings is 1. The molecule has 0 radical (unpaired) electrons. The zero-order valence-electron chi connectivity index (χ0n) is 10.7. The minimum Gasteiger partial charge on any atom is -0.375 e. The Hall–Kier alpha value is -0.610. The van der Waals surface area contributed by atoms with Crippen molar-refractivity contribution in [2.45, 2.75) is 64.8 Å². The van der Waals surface area contributed by atoms with Gasteiger partial charge in [-0.2, -0.15) is 0 Å². The first-order valence-electron chi connectivity index (χ1n) is 6.18. The molecule has 16 heavy (non-hydrogen) atoms. The fourth-order valence-corrected chi connectivity index (χ4v) is 1.98. The van der Waals surface area contributed by atoms with Gasteiger partial charge in [0.15, 0.2) is 0 Å². The smallest absolute Gasteiger partial charge is 0.237 e. The van der Waals surface area contributed by atoms with Crippen molar-refractivity contribution in [2.75, 3.05) is 6.54 Å². The summed E-state index contributed by atoms with van der Waals surface area (Å²) >= 11 is 0. The molecule has 1 aliphatic rings. The Morgan fingerprint density at radius 2 is 2.06 bits per heavy atom. The van der Waals surface area contributed by atoms with Crippen LogP contribution in [0.1, 0.15) is 40.5 Å². The third-order valence-corrected chi connectivity index (χ3v) is 2.57. The lowest BCUT2D eigenvalue weighted by atomic mass is 10.0. The maximum Gasteiger partial charge on any atom is 0.237 e. The van der Waals surface area contributed by atoms with Crippen molar-refractivity contribution in [1.29, 1.82) is 0 Å². The molecule has 2 atom stereocenters. The fourth-order valence-electron chi connectivity index (χ4n) is 1.98. The number of rotatable bonds is 4. The highest BCUT2D eigenvalue weighted by molar-refractivity contribution is 5.82. The first-order valence-corrected chi connectivity index (χ1v) is 6.18. The lowest BCUT2D eigenvalue weighted by Gasteiger charge is -2.31. The van der Waals surface area contributed by atoms with Gasteiger partial charge in [0.25, 0.3) is 0 Å². The average Bonchev–Trinajstić information content (AvgIpc) is 2.16. The Labute approximate surface area is 98.1 Å². The first kappa shape index (κ1) is 13.5. The number of carbonyl (C=O) groups is 1. The lowest BCUT2D eigenvalue weighted by Crippen LogP contribution is -2.52. The summed E-state index contributed by atoms with van der Waals surface area (Å²) in [6, 6.07) is 0.0978. The lowest BCUT2D eigenvalue weighted by molar-refractivity contribution is -0.126. The van der Waals surface area contributed by atoms with Crippen LogP contribution in [0.5, 0.6) is 0 Å². The summed E-state index contributed by atoms with van der Waals surface area (Å²) in [7, 11) is 0. The molecule has 0 aromatic heterocycles. The maximum absolute atomic E-state index is 11.8. The monoisotopic (exact) mass is 228 g/mol. The highest BCUT2D eigenvalue weighted by Crippen LogP contribution is 2.14. The number of hydrogen-bond donors (Lipinski definition) is 2. The van der Waals surface area contributed by atoms with E-state index in [9.17, 15) is 4.79 Å². The molecule has 2 unspecified atom stereocenters. The molecule has 0 bridgehead atoms. The van der Waals surface area contributed by atoms with E-state index in [4.69, 9.17) is 4.74 Å². The highest BCUT2D eigenvalue weighted by atomic mass is 16.5. The van der Waals surface area contributed by atoms with Crippen molar-refractivity contribution in [3.8, 4) is 0 Å². The topological polar surface area (TPSA) is 50.4 Å². The number of nitrogens with one attached hydrogen (secondary N) is 2. The van der Waals surface area contributed by atoms with Crippen LogP contribution < -0.4 is 10.6 Å².